The van der Waals surface area contributed by atoms with Crippen molar-refractivity contribution < 1.29 is 29.4 Å². The molecule has 2 amide bonds. The van der Waals surface area contributed by atoms with Gasteiger partial charge in [-0.15, -0.1) is 0 Å². The van der Waals surface area contributed by atoms with E-state index in [0.29, 0.717) is 25.8 Å². The Balaban J connectivity index is 1.16. The summed E-state index contributed by atoms with van der Waals surface area (Å²) in [6.07, 6.45) is 6.20. The van der Waals surface area contributed by atoms with Gasteiger partial charge in [0, 0.05) is 76.5 Å². The van der Waals surface area contributed by atoms with Crippen LogP contribution in [0.1, 0.15) is 73.2 Å². The third kappa shape index (κ3) is 9.78. The van der Waals surface area contributed by atoms with Gasteiger partial charge in [0.2, 0.25) is 17.8 Å². The van der Waals surface area contributed by atoms with Gasteiger partial charge >= 0.3 is 0 Å². The number of carbonyl (C=O) groups excluding carboxylic acids is 2. The molecule has 2 aromatic carbocycles. The number of piperazine rings is 1. The average molecular weight is 633 g/mol. The number of aliphatic hydroxyl groups excluding tert-OH is 1. The van der Waals surface area contributed by atoms with Crippen LogP contribution >= 0.6 is 0 Å². The number of benzene rings is 2. The molecule has 3 heterocycles. The van der Waals surface area contributed by atoms with Gasteiger partial charge in [0.15, 0.2) is 6.29 Å². The van der Waals surface area contributed by atoms with Crippen LogP contribution in [-0.4, -0.2) is 75.8 Å². The number of unbranched alkanes of at least 4 members (excludes halogenated alkanes) is 2. The fourth-order valence-corrected chi connectivity index (χ4v) is 5.79. The zero-order valence-electron chi connectivity index (χ0n) is 26.1. The number of aliphatic hydroxyl groups is 1. The third-order valence-corrected chi connectivity index (χ3v) is 8.46. The first kappa shape index (κ1) is 33.4. The predicted octanol–water partition coefficient (Wildman–Crippen LogP) is 3.41. The van der Waals surface area contributed by atoms with Crippen molar-refractivity contribution in [2.24, 2.45) is 0 Å². The van der Waals surface area contributed by atoms with Crippen LogP contribution in [-0.2, 0) is 32.2 Å². The first-order valence-corrected chi connectivity index (χ1v) is 16.0. The first-order chi connectivity index (χ1) is 22.5. The van der Waals surface area contributed by atoms with Crippen molar-refractivity contribution in [3.63, 3.8) is 0 Å². The Hall–Kier alpha value is -3.94. The molecule has 0 saturated carbocycles. The summed E-state index contributed by atoms with van der Waals surface area (Å²) in [7, 11) is 0. The van der Waals surface area contributed by atoms with Gasteiger partial charge in [0.25, 0.3) is 0 Å². The van der Waals surface area contributed by atoms with Crippen LogP contribution in [0.15, 0.2) is 67.0 Å². The summed E-state index contributed by atoms with van der Waals surface area (Å²) in [5.74, 6) is 0.318. The Morgan fingerprint density at radius 2 is 1.48 bits per heavy atom. The zero-order chi connectivity index (χ0) is 32.1. The number of nitrogens with one attached hydrogen (secondary N) is 2. The van der Waals surface area contributed by atoms with E-state index in [1.807, 2.05) is 54.6 Å². The fraction of sp³-hybridized carbons (Fsp3) is 0.471. The van der Waals surface area contributed by atoms with E-state index < -0.39 is 12.2 Å². The molecule has 2 aliphatic heterocycles. The van der Waals surface area contributed by atoms with Crippen LogP contribution in [0.4, 0.5) is 5.95 Å². The number of hydrogen-bond acceptors (Lipinski definition) is 10. The molecule has 5 rings (SSSR count). The molecule has 12 nitrogen and oxygen atoms in total. The molecular weight excluding hydrogens is 588 g/mol. The molecule has 0 radical (unpaired) electrons. The molecule has 2 saturated heterocycles. The maximum absolute atomic E-state index is 12.3. The molecule has 4 N–H and O–H groups in total. The molecule has 1 aromatic heterocycles. The summed E-state index contributed by atoms with van der Waals surface area (Å²) in [4.78, 5) is 36.8. The molecule has 12 heteroatoms. The van der Waals surface area contributed by atoms with Crippen molar-refractivity contribution in [2.75, 3.05) is 37.6 Å². The summed E-state index contributed by atoms with van der Waals surface area (Å²) in [6, 6.07) is 17.7. The number of carbonyl (C=O) groups is 2. The molecule has 0 aliphatic carbocycles. The smallest absolute Gasteiger partial charge is 0.243 e. The Kier molecular flexibility index (Phi) is 12.4. The molecule has 3 aromatic rings. The number of ether oxygens (including phenoxy) is 2. The number of hydrogen-bond donors (Lipinski definition) is 4. The van der Waals surface area contributed by atoms with E-state index in [4.69, 9.17) is 14.7 Å². The Labute approximate surface area is 269 Å². The lowest BCUT2D eigenvalue weighted by Crippen LogP contribution is -2.50. The maximum atomic E-state index is 12.3. The second kappa shape index (κ2) is 17.1. The third-order valence-electron chi connectivity index (χ3n) is 8.46. The standard InChI is InChI=1S/C34H44N6O6/c41-24-26-9-11-27(12-10-26)30-21-29(23-39-17-19-40(20-18-39)34-35-15-4-16-36-34)45-33(46-30)28-13-7-25(8-14-28)22-37-31(42)5-2-1-3-6-32(43)38-44/h4,7-16,29-30,33,41,44H,1-3,5-6,17-24H2,(H,37,42)(H,38,43)/t29-,30+,33+/m1/s1. The largest absolute Gasteiger partial charge is 0.392 e. The van der Waals surface area contributed by atoms with Gasteiger partial charge in [0.1, 0.15) is 0 Å². The van der Waals surface area contributed by atoms with Gasteiger partial charge < -0.3 is 24.8 Å². The Morgan fingerprint density at radius 1 is 0.826 bits per heavy atom. The monoisotopic (exact) mass is 632 g/mol. The lowest BCUT2D eigenvalue weighted by molar-refractivity contribution is -0.253. The molecule has 0 unspecified atom stereocenters. The Bertz CT molecular complexity index is 1370. The lowest BCUT2D eigenvalue weighted by Gasteiger charge is -2.40. The molecule has 2 aliphatic rings. The van der Waals surface area contributed by atoms with Gasteiger partial charge in [0.05, 0.1) is 18.8 Å². The SMILES string of the molecule is O=C(CCCCCC(=O)NCc1ccc([C@H]2O[C@@H](CN3CCN(c4ncccn4)CC3)C[C@@H](c3ccc(CO)cc3)O2)cc1)NO. The van der Waals surface area contributed by atoms with Crippen LogP contribution < -0.4 is 15.7 Å². The van der Waals surface area contributed by atoms with Gasteiger partial charge in [-0.2, -0.15) is 0 Å². The zero-order valence-corrected chi connectivity index (χ0v) is 26.1. The summed E-state index contributed by atoms with van der Waals surface area (Å²) in [5, 5.41) is 21.0. The van der Waals surface area contributed by atoms with Crippen LogP contribution in [0.5, 0.6) is 0 Å². The van der Waals surface area contributed by atoms with E-state index in [0.717, 1.165) is 73.8 Å². The van der Waals surface area contributed by atoms with E-state index >= 15 is 0 Å². The van der Waals surface area contributed by atoms with E-state index in [9.17, 15) is 14.7 Å². The van der Waals surface area contributed by atoms with Gasteiger partial charge in [-0.1, -0.05) is 55.0 Å². The second-order valence-electron chi connectivity index (χ2n) is 11.8. The number of aromatic nitrogens is 2. The number of rotatable bonds is 14. The van der Waals surface area contributed by atoms with Crippen molar-refractivity contribution in [1.82, 2.24) is 25.7 Å². The van der Waals surface area contributed by atoms with E-state index in [2.05, 4.69) is 25.1 Å². The van der Waals surface area contributed by atoms with Crippen LogP contribution in [0.25, 0.3) is 0 Å². The average Bonchev–Trinajstić information content (AvgIpc) is 3.11. The summed E-state index contributed by atoms with van der Waals surface area (Å²) >= 11 is 0. The van der Waals surface area contributed by atoms with Crippen molar-refractivity contribution in [1.29, 1.82) is 0 Å². The molecule has 2 fully saturated rings. The molecule has 246 valence electrons. The number of nitrogens with zero attached hydrogens (tertiary/aromatic N) is 4. The summed E-state index contributed by atoms with van der Waals surface area (Å²) < 4.78 is 13.1. The highest BCUT2D eigenvalue weighted by atomic mass is 16.7. The quantitative estimate of drug-likeness (QED) is 0.118. The minimum Gasteiger partial charge on any atom is -0.392 e. The van der Waals surface area contributed by atoms with Crippen molar-refractivity contribution in [3.8, 4) is 0 Å². The van der Waals surface area contributed by atoms with Crippen LogP contribution in [0.2, 0.25) is 0 Å². The van der Waals surface area contributed by atoms with Crippen molar-refractivity contribution >= 4 is 17.8 Å². The topological polar surface area (TPSA) is 149 Å². The van der Waals surface area contributed by atoms with Crippen molar-refractivity contribution in [3.05, 3.63) is 89.2 Å². The second-order valence-corrected chi connectivity index (χ2v) is 11.8. The highest BCUT2D eigenvalue weighted by Gasteiger charge is 2.34. The fourth-order valence-electron chi connectivity index (χ4n) is 5.79. The number of hydroxylamine groups is 1. The Morgan fingerprint density at radius 3 is 2.15 bits per heavy atom. The molecule has 0 spiro atoms. The molecule has 3 atom stereocenters. The summed E-state index contributed by atoms with van der Waals surface area (Å²) in [5.41, 5.74) is 5.42. The van der Waals surface area contributed by atoms with E-state index in [1.165, 1.54) is 0 Å². The summed E-state index contributed by atoms with van der Waals surface area (Å²) in [6.45, 7) is 4.68. The minimum atomic E-state index is -0.545. The number of anilines is 1. The number of amides is 2. The molecule has 46 heavy (non-hydrogen) atoms. The normalized spacial score (nSPS) is 20.3. The van der Waals surface area contributed by atoms with Gasteiger partial charge in [-0.25, -0.2) is 15.4 Å². The predicted molar refractivity (Wildman–Crippen MR) is 170 cm³/mol. The molecule has 0 bridgehead atoms. The minimum absolute atomic E-state index is 0.00151. The van der Waals surface area contributed by atoms with Crippen molar-refractivity contribution in [2.45, 2.75) is 70.2 Å². The van der Waals surface area contributed by atoms with E-state index in [1.54, 1.807) is 17.9 Å². The van der Waals surface area contributed by atoms with Crippen LogP contribution in [0, 0.1) is 0 Å². The van der Waals surface area contributed by atoms with Gasteiger partial charge in [-0.05, 0) is 35.6 Å². The van der Waals surface area contributed by atoms with E-state index in [-0.39, 0.29) is 31.1 Å². The maximum Gasteiger partial charge on any atom is 0.243 e. The highest BCUT2D eigenvalue weighted by molar-refractivity contribution is 5.76. The first-order valence-electron chi connectivity index (χ1n) is 16.0. The molecular formula is C34H44N6O6. The highest BCUT2D eigenvalue weighted by Crippen LogP contribution is 2.38. The lowest BCUT2D eigenvalue weighted by atomic mass is 9.99. The van der Waals surface area contributed by atoms with Crippen LogP contribution in [0.3, 0.4) is 0 Å². The van der Waals surface area contributed by atoms with Gasteiger partial charge in [-0.3, -0.25) is 19.7 Å².